The van der Waals surface area contributed by atoms with Gasteiger partial charge < -0.3 is 9.64 Å². The van der Waals surface area contributed by atoms with Gasteiger partial charge in [-0.1, -0.05) is 15.9 Å². The first-order chi connectivity index (χ1) is 7.82. The van der Waals surface area contributed by atoms with E-state index >= 15 is 0 Å². The summed E-state index contributed by atoms with van der Waals surface area (Å²) < 4.78 is 43.6. The SMILES string of the molecule is CN1C(=O)COc2ccc(Br)c(C(F)(F)F)c21. The van der Waals surface area contributed by atoms with Gasteiger partial charge >= 0.3 is 6.18 Å². The highest BCUT2D eigenvalue weighted by Crippen LogP contribution is 2.46. The molecule has 1 aromatic rings. The van der Waals surface area contributed by atoms with Crippen molar-refractivity contribution in [2.75, 3.05) is 18.6 Å². The number of rotatable bonds is 0. The molecule has 3 nitrogen and oxygen atoms in total. The van der Waals surface area contributed by atoms with Gasteiger partial charge in [0.25, 0.3) is 5.91 Å². The van der Waals surface area contributed by atoms with Gasteiger partial charge in [0, 0.05) is 11.5 Å². The number of anilines is 1. The second-order valence-electron chi connectivity index (χ2n) is 3.51. The number of hydrogen-bond acceptors (Lipinski definition) is 2. The number of hydrogen-bond donors (Lipinski definition) is 0. The van der Waals surface area contributed by atoms with Crippen LogP contribution in [0.25, 0.3) is 0 Å². The molecule has 0 spiro atoms. The molecule has 0 aromatic heterocycles. The van der Waals surface area contributed by atoms with Crippen molar-refractivity contribution in [1.82, 2.24) is 0 Å². The van der Waals surface area contributed by atoms with Crippen molar-refractivity contribution < 1.29 is 22.7 Å². The molecular weight excluding hydrogens is 303 g/mol. The van der Waals surface area contributed by atoms with Crippen LogP contribution in [0.1, 0.15) is 5.56 Å². The summed E-state index contributed by atoms with van der Waals surface area (Å²) in [7, 11) is 1.30. The Balaban J connectivity index is 2.71. The minimum absolute atomic E-state index is 0.0580. The van der Waals surface area contributed by atoms with Crippen LogP contribution in [0.5, 0.6) is 5.75 Å². The van der Waals surface area contributed by atoms with Gasteiger partial charge in [-0.2, -0.15) is 13.2 Å². The topological polar surface area (TPSA) is 29.5 Å². The highest BCUT2D eigenvalue weighted by Gasteiger charge is 2.40. The van der Waals surface area contributed by atoms with E-state index in [2.05, 4.69) is 15.9 Å². The molecule has 0 saturated carbocycles. The maximum absolute atomic E-state index is 12.9. The van der Waals surface area contributed by atoms with Crippen molar-refractivity contribution >= 4 is 27.5 Å². The zero-order valence-electron chi connectivity index (χ0n) is 8.64. The molecule has 17 heavy (non-hydrogen) atoms. The summed E-state index contributed by atoms with van der Waals surface area (Å²) in [5, 5.41) is 0. The molecule has 0 aliphatic carbocycles. The Hall–Kier alpha value is -1.24. The lowest BCUT2D eigenvalue weighted by molar-refractivity contribution is -0.138. The van der Waals surface area contributed by atoms with Crippen molar-refractivity contribution in [2.45, 2.75) is 6.18 Å². The number of benzene rings is 1. The summed E-state index contributed by atoms with van der Waals surface area (Å²) >= 11 is 2.85. The molecule has 0 unspecified atom stereocenters. The summed E-state index contributed by atoms with van der Waals surface area (Å²) in [6.07, 6.45) is -4.56. The molecule has 92 valence electrons. The Morgan fingerprint density at radius 3 is 2.65 bits per heavy atom. The number of amides is 1. The molecule has 0 radical (unpaired) electrons. The normalized spacial score (nSPS) is 15.6. The number of likely N-dealkylation sites (N-methyl/N-ethyl adjacent to an activating group) is 1. The predicted molar refractivity (Wildman–Crippen MR) is 58.0 cm³/mol. The van der Waals surface area contributed by atoms with E-state index in [4.69, 9.17) is 4.74 Å². The summed E-state index contributed by atoms with van der Waals surface area (Å²) in [5.74, 6) is -0.455. The van der Waals surface area contributed by atoms with Gasteiger partial charge in [0.2, 0.25) is 0 Å². The third-order valence-corrected chi connectivity index (χ3v) is 3.10. The van der Waals surface area contributed by atoms with E-state index in [-0.39, 0.29) is 22.5 Å². The fourth-order valence-electron chi connectivity index (χ4n) is 1.63. The maximum Gasteiger partial charge on any atom is 0.419 e. The summed E-state index contributed by atoms with van der Waals surface area (Å²) in [6, 6.07) is 2.66. The highest BCUT2D eigenvalue weighted by atomic mass is 79.9. The molecule has 1 amide bonds. The summed E-state index contributed by atoms with van der Waals surface area (Å²) in [5.41, 5.74) is -1.14. The van der Waals surface area contributed by atoms with Crippen LogP contribution in [0.15, 0.2) is 16.6 Å². The van der Waals surface area contributed by atoms with Crippen LogP contribution < -0.4 is 9.64 Å². The van der Waals surface area contributed by atoms with Crippen LogP contribution in [0.2, 0.25) is 0 Å². The molecule has 0 bridgehead atoms. The number of ether oxygens (including phenoxy) is 1. The van der Waals surface area contributed by atoms with Crippen molar-refractivity contribution in [2.24, 2.45) is 0 Å². The molecule has 1 aromatic carbocycles. The molecule has 7 heteroatoms. The quantitative estimate of drug-likeness (QED) is 0.737. The molecule has 0 atom stereocenters. The highest BCUT2D eigenvalue weighted by molar-refractivity contribution is 9.10. The number of fused-ring (bicyclic) bond motifs is 1. The summed E-state index contributed by atoms with van der Waals surface area (Å²) in [4.78, 5) is 12.3. The van der Waals surface area contributed by atoms with Gasteiger partial charge in [0.15, 0.2) is 6.61 Å². The first kappa shape index (κ1) is 12.2. The Morgan fingerprint density at radius 1 is 1.41 bits per heavy atom. The molecule has 2 rings (SSSR count). The third-order valence-electron chi connectivity index (χ3n) is 2.43. The van der Waals surface area contributed by atoms with E-state index < -0.39 is 17.6 Å². The van der Waals surface area contributed by atoms with Crippen LogP contribution in [-0.4, -0.2) is 19.6 Å². The van der Waals surface area contributed by atoms with Crippen molar-refractivity contribution in [3.63, 3.8) is 0 Å². The predicted octanol–water partition coefficient (Wildman–Crippen LogP) is 2.82. The van der Waals surface area contributed by atoms with E-state index in [1.54, 1.807) is 0 Å². The standard InChI is InChI=1S/C10H7BrF3NO2/c1-15-7(16)4-17-6-3-2-5(11)8(9(6)15)10(12,13)14/h2-3H,4H2,1H3. The number of carbonyl (C=O) groups is 1. The Bertz CT molecular complexity index is 487. The first-order valence-electron chi connectivity index (χ1n) is 4.61. The van der Waals surface area contributed by atoms with E-state index in [9.17, 15) is 18.0 Å². The molecule has 1 aliphatic heterocycles. The lowest BCUT2D eigenvalue weighted by Gasteiger charge is -2.29. The van der Waals surface area contributed by atoms with Gasteiger partial charge in [-0.25, -0.2) is 0 Å². The lowest BCUT2D eigenvalue weighted by Crippen LogP contribution is -2.37. The van der Waals surface area contributed by atoms with Gasteiger partial charge in [-0.05, 0) is 12.1 Å². The van der Waals surface area contributed by atoms with Crippen molar-refractivity contribution in [1.29, 1.82) is 0 Å². The Kier molecular flexibility index (Phi) is 2.81. The maximum atomic E-state index is 12.9. The largest absolute Gasteiger partial charge is 0.482 e. The number of alkyl halides is 3. The minimum atomic E-state index is -4.56. The van der Waals surface area contributed by atoms with E-state index in [1.807, 2.05) is 0 Å². The van der Waals surface area contributed by atoms with E-state index in [0.717, 1.165) is 4.90 Å². The molecule has 0 N–H and O–H groups in total. The smallest absolute Gasteiger partial charge is 0.419 e. The average molecular weight is 310 g/mol. The second kappa shape index (κ2) is 3.90. The number of halogens is 4. The van der Waals surface area contributed by atoms with Gasteiger partial charge in [-0.15, -0.1) is 0 Å². The van der Waals surface area contributed by atoms with Gasteiger partial charge in [0.05, 0.1) is 11.3 Å². The molecule has 0 fully saturated rings. The van der Waals surface area contributed by atoms with Crippen LogP contribution >= 0.6 is 15.9 Å². The lowest BCUT2D eigenvalue weighted by atomic mass is 10.1. The van der Waals surface area contributed by atoms with Gasteiger partial charge in [0.1, 0.15) is 5.75 Å². The molecular formula is C10H7BrF3NO2. The molecule has 0 saturated heterocycles. The minimum Gasteiger partial charge on any atom is -0.482 e. The Morgan fingerprint density at radius 2 is 2.06 bits per heavy atom. The van der Waals surface area contributed by atoms with Gasteiger partial charge in [-0.3, -0.25) is 4.79 Å². The zero-order chi connectivity index (χ0) is 12.8. The van der Waals surface area contributed by atoms with Crippen LogP contribution in [0.3, 0.4) is 0 Å². The average Bonchev–Trinajstić information content (AvgIpc) is 2.22. The van der Waals surface area contributed by atoms with Crippen LogP contribution in [0.4, 0.5) is 18.9 Å². The monoisotopic (exact) mass is 309 g/mol. The number of carbonyl (C=O) groups excluding carboxylic acids is 1. The fraction of sp³-hybridized carbons (Fsp3) is 0.300. The second-order valence-corrected chi connectivity index (χ2v) is 4.36. The fourth-order valence-corrected chi connectivity index (χ4v) is 2.17. The molecule has 1 heterocycles. The van der Waals surface area contributed by atoms with E-state index in [1.165, 1.54) is 19.2 Å². The molecule has 1 aliphatic rings. The first-order valence-corrected chi connectivity index (χ1v) is 5.40. The van der Waals surface area contributed by atoms with Crippen molar-refractivity contribution in [3.05, 3.63) is 22.2 Å². The van der Waals surface area contributed by atoms with Crippen LogP contribution in [0, 0.1) is 0 Å². The summed E-state index contributed by atoms with van der Waals surface area (Å²) in [6.45, 7) is -0.248. The number of nitrogens with zero attached hydrogens (tertiary/aromatic N) is 1. The van der Waals surface area contributed by atoms with Crippen LogP contribution in [-0.2, 0) is 11.0 Å². The zero-order valence-corrected chi connectivity index (χ0v) is 10.2. The third kappa shape index (κ3) is 1.99. The Labute approximate surface area is 103 Å². The van der Waals surface area contributed by atoms with E-state index in [0.29, 0.717) is 0 Å². The van der Waals surface area contributed by atoms with Crippen molar-refractivity contribution in [3.8, 4) is 5.75 Å².